The van der Waals surface area contributed by atoms with E-state index < -0.39 is 32.6 Å². The molecule has 0 aliphatic carbocycles. The molecule has 3 aromatic heterocycles. The number of nitrogens with zero attached hydrogens (tertiary/aromatic N) is 5. The third-order valence-corrected chi connectivity index (χ3v) is 6.09. The molecule has 0 bridgehead atoms. The maximum absolute atomic E-state index is 13.3. The van der Waals surface area contributed by atoms with Gasteiger partial charge in [-0.05, 0) is 18.2 Å². The van der Waals surface area contributed by atoms with Gasteiger partial charge >= 0.3 is 12.0 Å². The summed E-state index contributed by atoms with van der Waals surface area (Å²) >= 11 is 0. The number of carbonyl (C=O) groups excluding carboxylic acids is 2. The number of carbonyl (C=O) groups is 2. The fourth-order valence-electron chi connectivity index (χ4n) is 3.15. The molecule has 2 amide bonds. The molecule has 0 atom stereocenters. The summed E-state index contributed by atoms with van der Waals surface area (Å²) in [6, 6.07) is 10.5. The number of nitrogens with one attached hydrogen (secondary N) is 2. The lowest BCUT2D eigenvalue weighted by atomic mass is 10.2. The van der Waals surface area contributed by atoms with Crippen molar-refractivity contribution in [3.05, 3.63) is 54.2 Å². The highest BCUT2D eigenvalue weighted by Crippen LogP contribution is 2.22. The number of rotatable bonds is 7. The number of esters is 1. The lowest BCUT2D eigenvalue weighted by Crippen LogP contribution is -2.36. The molecule has 0 saturated heterocycles. The van der Waals surface area contributed by atoms with Crippen molar-refractivity contribution < 1.29 is 32.2 Å². The molecular weight excluding hydrogens is 494 g/mol. The summed E-state index contributed by atoms with van der Waals surface area (Å²) in [5.74, 6) is -1.06. The van der Waals surface area contributed by atoms with Gasteiger partial charge in [0, 0.05) is 5.39 Å². The molecule has 0 fully saturated rings. The SMILES string of the molecule is COC(=O)c1cnn(-c2ccc3ccccc3n2)c1S(=O)(=O)NC(=O)Nc1nc(OC)cc(OC)n1. The second-order valence-corrected chi connectivity index (χ2v) is 8.56. The Morgan fingerprint density at radius 3 is 2.31 bits per heavy atom. The first-order chi connectivity index (χ1) is 17.2. The minimum absolute atomic E-state index is 0.0634. The van der Waals surface area contributed by atoms with E-state index in [1.165, 1.54) is 26.4 Å². The fourth-order valence-corrected chi connectivity index (χ4v) is 4.33. The number of hydrogen-bond donors (Lipinski definition) is 2. The van der Waals surface area contributed by atoms with Gasteiger partial charge in [-0.2, -0.15) is 23.5 Å². The summed E-state index contributed by atoms with van der Waals surface area (Å²) in [6.45, 7) is 0. The fraction of sp³-hybridized carbons (Fsp3) is 0.143. The number of pyridine rings is 1. The predicted molar refractivity (Wildman–Crippen MR) is 125 cm³/mol. The van der Waals surface area contributed by atoms with Gasteiger partial charge in [0.25, 0.3) is 10.0 Å². The maximum Gasteiger partial charge on any atom is 0.342 e. The molecule has 186 valence electrons. The van der Waals surface area contributed by atoms with Gasteiger partial charge in [0.1, 0.15) is 5.56 Å². The number of sulfonamides is 1. The van der Waals surface area contributed by atoms with Crippen LogP contribution in [-0.2, 0) is 14.8 Å². The topological polar surface area (TPSA) is 177 Å². The van der Waals surface area contributed by atoms with Gasteiger partial charge in [-0.1, -0.05) is 18.2 Å². The molecular formula is C21H19N7O7S. The minimum Gasteiger partial charge on any atom is -0.481 e. The monoisotopic (exact) mass is 513 g/mol. The summed E-state index contributed by atoms with van der Waals surface area (Å²) in [5.41, 5.74) is 0.148. The molecule has 36 heavy (non-hydrogen) atoms. The van der Waals surface area contributed by atoms with E-state index in [2.05, 4.69) is 30.1 Å². The molecule has 0 spiro atoms. The molecule has 14 nitrogen and oxygen atoms in total. The predicted octanol–water partition coefficient (Wildman–Crippen LogP) is 1.52. The van der Waals surface area contributed by atoms with Crippen LogP contribution in [0.15, 0.2) is 53.7 Å². The van der Waals surface area contributed by atoms with Crippen LogP contribution in [-0.4, -0.2) is 66.5 Å². The number of benzene rings is 1. The van der Waals surface area contributed by atoms with E-state index in [9.17, 15) is 18.0 Å². The summed E-state index contributed by atoms with van der Waals surface area (Å²) < 4.78 is 44.0. The molecule has 0 saturated carbocycles. The number of hydrogen-bond acceptors (Lipinski definition) is 11. The Kier molecular flexibility index (Phi) is 6.64. The second-order valence-electron chi connectivity index (χ2n) is 6.96. The highest BCUT2D eigenvalue weighted by molar-refractivity contribution is 7.90. The first-order valence-corrected chi connectivity index (χ1v) is 11.6. The first kappa shape index (κ1) is 24.3. The molecule has 1 aromatic carbocycles. The standard InChI is InChI=1S/C21H19N7O7S/c1-33-16-10-17(34-2)25-20(24-16)26-21(30)27-36(31,32)18-13(19(29)35-3)11-22-28(18)15-9-8-12-6-4-5-7-14(12)23-15/h4-11H,1-3H3,(H2,24,25,26,27,30). The number of fused-ring (bicyclic) bond motifs is 1. The number of urea groups is 1. The average molecular weight is 513 g/mol. The molecule has 0 radical (unpaired) electrons. The Bertz CT molecular complexity index is 1550. The smallest absolute Gasteiger partial charge is 0.342 e. The normalized spacial score (nSPS) is 11.1. The van der Waals surface area contributed by atoms with Crippen molar-refractivity contribution in [1.82, 2.24) is 29.5 Å². The van der Waals surface area contributed by atoms with Crippen molar-refractivity contribution in [2.24, 2.45) is 0 Å². The van der Waals surface area contributed by atoms with Crippen molar-refractivity contribution in [2.75, 3.05) is 26.6 Å². The van der Waals surface area contributed by atoms with E-state index in [-0.39, 0.29) is 23.5 Å². The zero-order valence-corrected chi connectivity index (χ0v) is 19.9. The van der Waals surface area contributed by atoms with Crippen LogP contribution in [0.2, 0.25) is 0 Å². The number of ether oxygens (including phenoxy) is 3. The van der Waals surface area contributed by atoms with E-state index in [0.29, 0.717) is 5.52 Å². The van der Waals surface area contributed by atoms with Crippen LogP contribution in [0.5, 0.6) is 11.8 Å². The molecule has 0 aliphatic rings. The van der Waals surface area contributed by atoms with E-state index in [0.717, 1.165) is 23.4 Å². The van der Waals surface area contributed by atoms with Crippen LogP contribution in [0.3, 0.4) is 0 Å². The summed E-state index contributed by atoms with van der Waals surface area (Å²) in [6.07, 6.45) is 1.01. The number of aromatic nitrogens is 5. The maximum atomic E-state index is 13.3. The Morgan fingerprint density at radius 2 is 1.64 bits per heavy atom. The van der Waals surface area contributed by atoms with Gasteiger partial charge in [0.05, 0.1) is 39.1 Å². The van der Waals surface area contributed by atoms with Crippen molar-refractivity contribution in [3.63, 3.8) is 0 Å². The van der Waals surface area contributed by atoms with Crippen molar-refractivity contribution in [1.29, 1.82) is 0 Å². The highest BCUT2D eigenvalue weighted by Gasteiger charge is 2.32. The Hall–Kier alpha value is -4.79. The highest BCUT2D eigenvalue weighted by atomic mass is 32.2. The Labute approximate surface area is 204 Å². The molecule has 0 unspecified atom stereocenters. The van der Waals surface area contributed by atoms with Crippen LogP contribution in [0, 0.1) is 0 Å². The molecule has 4 aromatic rings. The van der Waals surface area contributed by atoms with Crippen LogP contribution < -0.4 is 19.5 Å². The van der Waals surface area contributed by atoms with Crippen molar-refractivity contribution in [2.45, 2.75) is 5.03 Å². The molecule has 2 N–H and O–H groups in total. The van der Waals surface area contributed by atoms with E-state index in [1.807, 2.05) is 16.9 Å². The second kappa shape index (κ2) is 9.83. The largest absolute Gasteiger partial charge is 0.481 e. The molecule has 3 heterocycles. The third-order valence-electron chi connectivity index (χ3n) is 4.74. The molecule has 4 rings (SSSR count). The van der Waals surface area contributed by atoms with Gasteiger partial charge in [0.15, 0.2) is 10.8 Å². The van der Waals surface area contributed by atoms with Crippen molar-refractivity contribution >= 4 is 38.9 Å². The number of methoxy groups -OCH3 is 3. The average Bonchev–Trinajstić information content (AvgIpc) is 3.33. The molecule has 15 heteroatoms. The number of amides is 2. The lowest BCUT2D eigenvalue weighted by molar-refractivity contribution is 0.0596. The summed E-state index contributed by atoms with van der Waals surface area (Å²) in [7, 11) is -0.945. The number of anilines is 1. The van der Waals surface area contributed by atoms with Gasteiger partial charge in [-0.3, -0.25) is 5.32 Å². The number of para-hydroxylation sites is 1. The van der Waals surface area contributed by atoms with E-state index in [4.69, 9.17) is 9.47 Å². The molecule has 0 aliphatic heterocycles. The first-order valence-electron chi connectivity index (χ1n) is 10.1. The summed E-state index contributed by atoms with van der Waals surface area (Å²) in [5, 5.41) is 6.34. The lowest BCUT2D eigenvalue weighted by Gasteiger charge is -2.12. The minimum atomic E-state index is -4.71. The van der Waals surface area contributed by atoms with E-state index in [1.54, 1.807) is 18.2 Å². The van der Waals surface area contributed by atoms with Crippen molar-refractivity contribution in [3.8, 4) is 17.6 Å². The van der Waals surface area contributed by atoms with Gasteiger partial charge in [0.2, 0.25) is 17.7 Å². The zero-order chi connectivity index (χ0) is 25.9. The van der Waals surface area contributed by atoms with Crippen LogP contribution in [0.25, 0.3) is 16.7 Å². The van der Waals surface area contributed by atoms with Crippen LogP contribution in [0.4, 0.5) is 10.7 Å². The zero-order valence-electron chi connectivity index (χ0n) is 19.1. The van der Waals surface area contributed by atoms with Gasteiger partial charge in [-0.25, -0.2) is 24.0 Å². The third kappa shape index (κ3) is 4.85. The van der Waals surface area contributed by atoms with E-state index >= 15 is 0 Å². The van der Waals surface area contributed by atoms with Gasteiger partial charge in [-0.15, -0.1) is 0 Å². The van der Waals surface area contributed by atoms with Gasteiger partial charge < -0.3 is 14.2 Å². The van der Waals surface area contributed by atoms with Crippen LogP contribution >= 0.6 is 0 Å². The Morgan fingerprint density at radius 1 is 0.944 bits per heavy atom. The Balaban J connectivity index is 1.71. The quantitative estimate of drug-likeness (QED) is 0.343. The van der Waals surface area contributed by atoms with Crippen LogP contribution in [0.1, 0.15) is 10.4 Å². The summed E-state index contributed by atoms with van der Waals surface area (Å²) in [4.78, 5) is 37.1.